The molecule has 0 bridgehead atoms. The molecule has 2 aromatic rings. The molecule has 0 radical (unpaired) electrons. The molecular weight excluding hydrogens is 370 g/mol. The predicted molar refractivity (Wildman–Crippen MR) is 82.9 cm³/mol. The van der Waals surface area contributed by atoms with Gasteiger partial charge in [0.1, 0.15) is 0 Å². The molecule has 0 aliphatic carbocycles. The maximum Gasteiger partial charge on any atom is 0.256 e. The molecular formula is C13H8BrCl2FN2O. The minimum absolute atomic E-state index is 0.167. The van der Waals surface area contributed by atoms with Gasteiger partial charge in [0.05, 0.1) is 20.1 Å². The number of anilines is 2. The number of carbonyl (C=O) groups excluding carboxylic acids is 1. The van der Waals surface area contributed by atoms with Crippen LogP contribution < -0.4 is 11.1 Å². The molecule has 7 heteroatoms. The van der Waals surface area contributed by atoms with Gasteiger partial charge in [0.2, 0.25) is 0 Å². The highest BCUT2D eigenvalue weighted by Gasteiger charge is 2.14. The molecule has 2 aromatic carbocycles. The number of hydrogen-bond acceptors (Lipinski definition) is 2. The Hall–Kier alpha value is -1.30. The lowest BCUT2D eigenvalue weighted by molar-refractivity contribution is 0.102. The maximum absolute atomic E-state index is 13.3. The van der Waals surface area contributed by atoms with Crippen molar-refractivity contribution >= 4 is 56.4 Å². The second kappa shape index (κ2) is 5.99. The van der Waals surface area contributed by atoms with Gasteiger partial charge in [-0.15, -0.1) is 0 Å². The first-order valence-corrected chi connectivity index (χ1v) is 6.95. The second-order valence-corrected chi connectivity index (χ2v) is 5.52. The van der Waals surface area contributed by atoms with E-state index in [1.165, 1.54) is 12.1 Å². The summed E-state index contributed by atoms with van der Waals surface area (Å²) in [6, 6.07) is 7.47. The van der Waals surface area contributed by atoms with Crippen LogP contribution in [0.15, 0.2) is 34.8 Å². The fraction of sp³-hybridized carbons (Fsp3) is 0. The van der Waals surface area contributed by atoms with Gasteiger partial charge in [-0.1, -0.05) is 29.3 Å². The molecule has 0 saturated heterocycles. The first kappa shape index (κ1) is 15.1. The van der Waals surface area contributed by atoms with Crippen LogP contribution in [0.3, 0.4) is 0 Å². The standard InChI is InChI=1S/C13H8BrCl2FN2O/c14-11-7(2-1-3-10(11)18)13(20)19-6-4-8(15)12(17)9(16)5-6/h1-5H,18H2,(H,19,20). The van der Waals surface area contributed by atoms with Crippen LogP contribution in [0, 0.1) is 5.82 Å². The number of nitrogens with one attached hydrogen (secondary N) is 1. The highest BCUT2D eigenvalue weighted by Crippen LogP contribution is 2.29. The summed E-state index contributed by atoms with van der Waals surface area (Å²) in [7, 11) is 0. The fourth-order valence-electron chi connectivity index (χ4n) is 1.55. The lowest BCUT2D eigenvalue weighted by Crippen LogP contribution is -2.13. The summed E-state index contributed by atoms with van der Waals surface area (Å²) in [6.07, 6.45) is 0. The van der Waals surface area contributed by atoms with Crippen LogP contribution in [-0.2, 0) is 0 Å². The molecule has 2 rings (SSSR count). The van der Waals surface area contributed by atoms with Crippen molar-refractivity contribution in [2.75, 3.05) is 11.1 Å². The van der Waals surface area contributed by atoms with E-state index in [1.54, 1.807) is 18.2 Å². The summed E-state index contributed by atoms with van der Waals surface area (Å²) in [6.45, 7) is 0. The first-order valence-electron chi connectivity index (χ1n) is 5.40. The van der Waals surface area contributed by atoms with Crippen LogP contribution >= 0.6 is 39.1 Å². The Morgan fingerprint density at radius 2 is 1.85 bits per heavy atom. The van der Waals surface area contributed by atoms with E-state index < -0.39 is 11.7 Å². The molecule has 3 nitrogen and oxygen atoms in total. The van der Waals surface area contributed by atoms with Crippen molar-refractivity contribution in [1.29, 1.82) is 0 Å². The number of nitrogens with two attached hydrogens (primary N) is 1. The van der Waals surface area contributed by atoms with Crippen molar-refractivity contribution in [3.05, 3.63) is 56.2 Å². The molecule has 0 unspecified atom stereocenters. The fourth-order valence-corrected chi connectivity index (χ4v) is 2.48. The summed E-state index contributed by atoms with van der Waals surface area (Å²) < 4.78 is 13.8. The van der Waals surface area contributed by atoms with Gasteiger partial charge in [-0.2, -0.15) is 0 Å². The van der Waals surface area contributed by atoms with E-state index in [1.807, 2.05) is 0 Å². The van der Waals surface area contributed by atoms with Gasteiger partial charge < -0.3 is 11.1 Å². The smallest absolute Gasteiger partial charge is 0.256 e. The summed E-state index contributed by atoms with van der Waals surface area (Å²) in [5, 5.41) is 2.24. The average Bonchev–Trinajstić information content (AvgIpc) is 2.39. The van der Waals surface area contributed by atoms with E-state index in [-0.39, 0.29) is 10.0 Å². The number of amides is 1. The number of rotatable bonds is 2. The molecule has 0 fully saturated rings. The van der Waals surface area contributed by atoms with Crippen molar-refractivity contribution < 1.29 is 9.18 Å². The number of hydrogen-bond donors (Lipinski definition) is 2. The van der Waals surface area contributed by atoms with E-state index >= 15 is 0 Å². The summed E-state index contributed by atoms with van der Waals surface area (Å²) in [5.41, 5.74) is 6.78. The largest absolute Gasteiger partial charge is 0.398 e. The van der Waals surface area contributed by atoms with Crippen LogP contribution in [0.4, 0.5) is 15.8 Å². The lowest BCUT2D eigenvalue weighted by atomic mass is 10.2. The molecule has 0 aromatic heterocycles. The van der Waals surface area contributed by atoms with Crippen molar-refractivity contribution in [1.82, 2.24) is 0 Å². The van der Waals surface area contributed by atoms with Crippen LogP contribution in [-0.4, -0.2) is 5.91 Å². The topological polar surface area (TPSA) is 55.1 Å². The average molecular weight is 378 g/mol. The van der Waals surface area contributed by atoms with Gasteiger partial charge in [-0.3, -0.25) is 4.79 Å². The van der Waals surface area contributed by atoms with E-state index in [0.717, 1.165) is 0 Å². The first-order chi connectivity index (χ1) is 9.40. The molecule has 20 heavy (non-hydrogen) atoms. The van der Waals surface area contributed by atoms with Gasteiger partial charge in [-0.05, 0) is 40.2 Å². The Balaban J connectivity index is 2.30. The Bertz CT molecular complexity index is 671. The van der Waals surface area contributed by atoms with Crippen molar-refractivity contribution in [2.24, 2.45) is 0 Å². The maximum atomic E-state index is 13.3. The minimum Gasteiger partial charge on any atom is -0.398 e. The van der Waals surface area contributed by atoms with E-state index in [9.17, 15) is 9.18 Å². The summed E-state index contributed by atoms with van der Waals surface area (Å²) in [4.78, 5) is 12.1. The number of carbonyl (C=O) groups is 1. The van der Waals surface area contributed by atoms with Crippen molar-refractivity contribution in [3.63, 3.8) is 0 Å². The van der Waals surface area contributed by atoms with Crippen molar-refractivity contribution in [2.45, 2.75) is 0 Å². The zero-order valence-corrected chi connectivity index (χ0v) is 13.0. The Morgan fingerprint density at radius 3 is 2.45 bits per heavy atom. The monoisotopic (exact) mass is 376 g/mol. The van der Waals surface area contributed by atoms with Gasteiger partial charge in [-0.25, -0.2) is 4.39 Å². The zero-order chi connectivity index (χ0) is 14.9. The third-order valence-electron chi connectivity index (χ3n) is 2.51. The summed E-state index contributed by atoms with van der Waals surface area (Å²) in [5.74, 6) is -1.14. The van der Waals surface area contributed by atoms with Crippen LogP contribution in [0.25, 0.3) is 0 Å². The van der Waals surface area contributed by atoms with Crippen LogP contribution in [0.1, 0.15) is 10.4 Å². The third kappa shape index (κ3) is 3.06. The van der Waals surface area contributed by atoms with Gasteiger partial charge in [0.25, 0.3) is 5.91 Å². The second-order valence-electron chi connectivity index (χ2n) is 3.92. The van der Waals surface area contributed by atoms with Crippen LogP contribution in [0.2, 0.25) is 10.0 Å². The quantitative estimate of drug-likeness (QED) is 0.587. The highest BCUT2D eigenvalue weighted by molar-refractivity contribution is 9.10. The van der Waals surface area contributed by atoms with Gasteiger partial charge >= 0.3 is 0 Å². The molecule has 0 heterocycles. The Kier molecular flexibility index (Phi) is 4.52. The molecule has 0 aliphatic heterocycles. The zero-order valence-electron chi connectivity index (χ0n) is 9.88. The molecule has 104 valence electrons. The minimum atomic E-state index is -0.725. The molecule has 0 saturated carbocycles. The summed E-state index contributed by atoms with van der Waals surface area (Å²) >= 11 is 14.6. The van der Waals surface area contributed by atoms with E-state index in [4.69, 9.17) is 28.9 Å². The molecule has 0 spiro atoms. The van der Waals surface area contributed by atoms with Gasteiger partial charge in [0, 0.05) is 11.4 Å². The van der Waals surface area contributed by atoms with Crippen LogP contribution in [0.5, 0.6) is 0 Å². The normalized spacial score (nSPS) is 10.4. The van der Waals surface area contributed by atoms with E-state index in [2.05, 4.69) is 21.2 Å². The highest BCUT2D eigenvalue weighted by atomic mass is 79.9. The Labute approximate surface area is 133 Å². The SMILES string of the molecule is Nc1cccc(C(=O)Nc2cc(Cl)c(F)c(Cl)c2)c1Br. The van der Waals surface area contributed by atoms with E-state index in [0.29, 0.717) is 21.4 Å². The number of nitrogen functional groups attached to an aromatic ring is 1. The van der Waals surface area contributed by atoms with Crippen molar-refractivity contribution in [3.8, 4) is 0 Å². The molecule has 3 N–H and O–H groups in total. The Morgan fingerprint density at radius 1 is 1.25 bits per heavy atom. The number of benzene rings is 2. The van der Waals surface area contributed by atoms with Gasteiger partial charge in [0.15, 0.2) is 5.82 Å². The molecule has 1 amide bonds. The number of halogens is 4. The molecule has 0 atom stereocenters. The lowest BCUT2D eigenvalue weighted by Gasteiger charge is -2.09. The molecule has 0 aliphatic rings. The third-order valence-corrected chi connectivity index (χ3v) is 3.95. The predicted octanol–water partition coefficient (Wildman–Crippen LogP) is 4.73.